The zero-order valence-electron chi connectivity index (χ0n) is 15.8. The van der Waals surface area contributed by atoms with Crippen molar-refractivity contribution in [1.82, 2.24) is 30.0 Å². The summed E-state index contributed by atoms with van der Waals surface area (Å²) in [6.07, 6.45) is 9.91. The summed E-state index contributed by atoms with van der Waals surface area (Å²) in [5, 5.41) is 10.9. The van der Waals surface area contributed by atoms with Crippen LogP contribution in [-0.4, -0.2) is 44.9 Å². The van der Waals surface area contributed by atoms with Crippen molar-refractivity contribution < 1.29 is 4.79 Å². The number of aromatic nitrogens is 4. The second-order valence-corrected chi connectivity index (χ2v) is 6.58. The second kappa shape index (κ2) is 12.0. The van der Waals surface area contributed by atoms with E-state index in [-0.39, 0.29) is 37.3 Å². The highest BCUT2D eigenvalue weighted by Crippen LogP contribution is 2.21. The van der Waals surface area contributed by atoms with E-state index in [9.17, 15) is 4.79 Å². The molecule has 0 saturated carbocycles. The number of imidazole rings is 1. The Kier molecular flexibility index (Phi) is 10.4. The van der Waals surface area contributed by atoms with Gasteiger partial charge in [-0.15, -0.1) is 24.8 Å². The maximum Gasteiger partial charge on any atom is 0.241 e. The molecular weight excluding hydrogens is 387 g/mol. The van der Waals surface area contributed by atoms with E-state index in [1.165, 1.54) is 12.8 Å². The number of piperidine rings is 1. The van der Waals surface area contributed by atoms with Gasteiger partial charge in [0.1, 0.15) is 12.4 Å². The van der Waals surface area contributed by atoms with Crippen molar-refractivity contribution in [3.63, 3.8) is 0 Å². The minimum Gasteiger partial charge on any atom is -0.354 e. The molecule has 0 spiro atoms. The predicted octanol–water partition coefficient (Wildman–Crippen LogP) is 2.16. The van der Waals surface area contributed by atoms with Gasteiger partial charge < -0.3 is 15.2 Å². The van der Waals surface area contributed by atoms with Crippen LogP contribution in [0.5, 0.6) is 0 Å². The largest absolute Gasteiger partial charge is 0.354 e. The fourth-order valence-electron chi connectivity index (χ4n) is 3.33. The van der Waals surface area contributed by atoms with Crippen LogP contribution >= 0.6 is 24.8 Å². The van der Waals surface area contributed by atoms with E-state index >= 15 is 0 Å². The Bertz CT molecular complexity index is 681. The molecule has 0 radical (unpaired) electrons. The molecule has 2 aromatic rings. The predicted molar refractivity (Wildman–Crippen MR) is 111 cm³/mol. The van der Waals surface area contributed by atoms with Gasteiger partial charge in [-0.3, -0.25) is 9.48 Å². The van der Waals surface area contributed by atoms with Crippen LogP contribution in [0.25, 0.3) is 0 Å². The quantitative estimate of drug-likeness (QED) is 0.646. The summed E-state index contributed by atoms with van der Waals surface area (Å²) in [5.41, 5.74) is 1.09. The van der Waals surface area contributed by atoms with E-state index in [2.05, 4.69) is 32.2 Å². The zero-order valence-corrected chi connectivity index (χ0v) is 17.4. The Morgan fingerprint density at radius 2 is 2.22 bits per heavy atom. The fraction of sp³-hybridized carbons (Fsp3) is 0.611. The number of carbonyl (C=O) groups is 1. The van der Waals surface area contributed by atoms with E-state index < -0.39 is 0 Å². The van der Waals surface area contributed by atoms with Crippen molar-refractivity contribution in [3.8, 4) is 0 Å². The summed E-state index contributed by atoms with van der Waals surface area (Å²) in [6.45, 7) is 6.01. The summed E-state index contributed by atoms with van der Waals surface area (Å²) in [7, 11) is 0. The highest BCUT2D eigenvalue weighted by molar-refractivity contribution is 5.85. The van der Waals surface area contributed by atoms with Crippen LogP contribution in [0.3, 0.4) is 0 Å². The maximum absolute atomic E-state index is 12.1. The first-order valence-electron chi connectivity index (χ1n) is 9.27. The molecule has 0 aliphatic carbocycles. The third-order valence-corrected chi connectivity index (χ3v) is 4.70. The number of nitrogens with one attached hydrogen (secondary N) is 2. The molecule has 9 heteroatoms. The number of rotatable bonds is 8. The first-order chi connectivity index (χ1) is 12.3. The Balaban J connectivity index is 0.00000182. The van der Waals surface area contributed by atoms with Gasteiger partial charge in [0.2, 0.25) is 5.91 Å². The molecule has 27 heavy (non-hydrogen) atoms. The number of amides is 1. The van der Waals surface area contributed by atoms with Crippen LogP contribution in [0.1, 0.15) is 43.6 Å². The Morgan fingerprint density at radius 1 is 1.37 bits per heavy atom. The topological polar surface area (TPSA) is 76.8 Å². The summed E-state index contributed by atoms with van der Waals surface area (Å²) >= 11 is 0. The Morgan fingerprint density at radius 3 is 2.96 bits per heavy atom. The minimum atomic E-state index is 0. The van der Waals surface area contributed by atoms with Gasteiger partial charge in [0, 0.05) is 50.6 Å². The molecule has 0 aromatic carbocycles. The number of halogens is 2. The van der Waals surface area contributed by atoms with Crippen LogP contribution in [0.4, 0.5) is 0 Å². The van der Waals surface area contributed by atoms with Crippen LogP contribution in [-0.2, 0) is 24.3 Å². The van der Waals surface area contributed by atoms with Crippen molar-refractivity contribution in [2.75, 3.05) is 19.6 Å². The van der Waals surface area contributed by atoms with Gasteiger partial charge in [-0.05, 0) is 31.9 Å². The summed E-state index contributed by atoms with van der Waals surface area (Å²) < 4.78 is 3.88. The molecule has 7 nitrogen and oxygen atoms in total. The number of aryl methyl sites for hydroxylation is 2. The van der Waals surface area contributed by atoms with Crippen molar-refractivity contribution in [2.24, 2.45) is 0 Å². The first kappa shape index (κ1) is 23.5. The van der Waals surface area contributed by atoms with Crippen molar-refractivity contribution in [1.29, 1.82) is 0 Å². The lowest BCUT2D eigenvalue weighted by atomic mass is 9.97. The molecule has 1 amide bonds. The van der Waals surface area contributed by atoms with Crippen molar-refractivity contribution in [3.05, 3.63) is 36.2 Å². The Labute approximate surface area is 173 Å². The van der Waals surface area contributed by atoms with Gasteiger partial charge in [0.25, 0.3) is 0 Å². The zero-order chi connectivity index (χ0) is 17.5. The molecule has 1 saturated heterocycles. The molecule has 152 valence electrons. The normalized spacial score (nSPS) is 16.3. The Hall–Kier alpha value is -1.57. The second-order valence-electron chi connectivity index (χ2n) is 6.58. The van der Waals surface area contributed by atoms with Crippen LogP contribution in [0, 0.1) is 0 Å². The molecular formula is C18H30Cl2N6O. The molecule has 2 N–H and O–H groups in total. The highest BCUT2D eigenvalue weighted by Gasteiger charge is 2.17. The number of hydrogen-bond acceptors (Lipinski definition) is 4. The van der Waals surface area contributed by atoms with Gasteiger partial charge in [-0.1, -0.05) is 6.92 Å². The van der Waals surface area contributed by atoms with E-state index in [1.54, 1.807) is 4.68 Å². The average Bonchev–Trinajstić information content (AvgIpc) is 3.28. The van der Waals surface area contributed by atoms with Crippen LogP contribution in [0.2, 0.25) is 0 Å². The molecule has 3 heterocycles. The summed E-state index contributed by atoms with van der Waals surface area (Å²) in [6, 6.07) is 2.04. The van der Waals surface area contributed by atoms with Gasteiger partial charge in [-0.25, -0.2) is 4.98 Å². The third kappa shape index (κ3) is 6.83. The third-order valence-electron chi connectivity index (χ3n) is 4.70. The van der Waals surface area contributed by atoms with Gasteiger partial charge in [0.15, 0.2) is 0 Å². The maximum atomic E-state index is 12.1. The fourth-order valence-corrected chi connectivity index (χ4v) is 3.33. The van der Waals surface area contributed by atoms with E-state index in [0.29, 0.717) is 12.5 Å². The van der Waals surface area contributed by atoms with Gasteiger partial charge >= 0.3 is 0 Å². The molecule has 3 rings (SSSR count). The van der Waals surface area contributed by atoms with E-state index in [1.807, 2.05) is 24.7 Å². The van der Waals surface area contributed by atoms with Crippen molar-refractivity contribution >= 4 is 30.7 Å². The molecule has 1 fully saturated rings. The van der Waals surface area contributed by atoms with E-state index in [4.69, 9.17) is 0 Å². The monoisotopic (exact) mass is 416 g/mol. The molecule has 1 aliphatic rings. The van der Waals surface area contributed by atoms with Crippen LogP contribution in [0.15, 0.2) is 24.7 Å². The number of nitrogens with zero attached hydrogens (tertiary/aromatic N) is 4. The molecule has 2 aromatic heterocycles. The van der Waals surface area contributed by atoms with Crippen molar-refractivity contribution in [2.45, 2.75) is 51.6 Å². The molecule has 1 unspecified atom stereocenters. The highest BCUT2D eigenvalue weighted by atomic mass is 35.5. The lowest BCUT2D eigenvalue weighted by molar-refractivity contribution is -0.121. The number of hydrogen-bond donors (Lipinski definition) is 2. The summed E-state index contributed by atoms with van der Waals surface area (Å²) in [4.78, 5) is 16.4. The first-order valence-corrected chi connectivity index (χ1v) is 9.27. The minimum absolute atomic E-state index is 0. The lowest BCUT2D eigenvalue weighted by Gasteiger charge is -2.20. The number of carbonyl (C=O) groups excluding carboxylic acids is 1. The standard InChI is InChI=1S/C18H28N6O.2ClH/c1-2-17-20-9-12-23(17)10-4-8-21-18(25)14-24-11-6-16(22-24)15-5-3-7-19-13-15;;/h6,9,11-12,15,19H,2-5,7-8,10,13-14H2,1H3,(H,21,25);2*1H. The van der Waals surface area contributed by atoms with Gasteiger partial charge in [-0.2, -0.15) is 5.10 Å². The average molecular weight is 417 g/mol. The van der Waals surface area contributed by atoms with Crippen LogP contribution < -0.4 is 10.6 Å². The summed E-state index contributed by atoms with van der Waals surface area (Å²) in [5.74, 6) is 1.58. The van der Waals surface area contributed by atoms with E-state index in [0.717, 1.165) is 44.0 Å². The van der Waals surface area contributed by atoms with Gasteiger partial charge in [0.05, 0.1) is 5.69 Å². The molecule has 0 bridgehead atoms. The smallest absolute Gasteiger partial charge is 0.241 e. The SMILES string of the molecule is CCc1nccn1CCCNC(=O)Cn1ccc(C2CCCNC2)n1.Cl.Cl. The molecule has 1 aliphatic heterocycles. The molecule has 1 atom stereocenters. The lowest BCUT2D eigenvalue weighted by Crippen LogP contribution is -2.30.